The number of carboxylic acids is 1. The van der Waals surface area contributed by atoms with Gasteiger partial charge in [0.2, 0.25) is 5.91 Å². The lowest BCUT2D eigenvalue weighted by atomic mass is 10.2. The van der Waals surface area contributed by atoms with Crippen molar-refractivity contribution in [3.63, 3.8) is 0 Å². The SMILES string of the molecule is O=C(Cc1cn2ccccc2n1)NCC[C@H](O)C(=O)O. The maximum Gasteiger partial charge on any atom is 0.332 e. The van der Waals surface area contributed by atoms with Crippen LogP contribution < -0.4 is 5.32 Å². The van der Waals surface area contributed by atoms with Gasteiger partial charge in [0.05, 0.1) is 12.1 Å². The van der Waals surface area contributed by atoms with E-state index in [4.69, 9.17) is 10.2 Å². The number of imidazole rings is 1. The van der Waals surface area contributed by atoms with Crippen LogP contribution in [0.5, 0.6) is 0 Å². The maximum atomic E-state index is 11.7. The van der Waals surface area contributed by atoms with Crippen LogP contribution in [0.25, 0.3) is 5.65 Å². The summed E-state index contributed by atoms with van der Waals surface area (Å²) in [5, 5.41) is 20.1. The number of carboxylic acid groups (broad SMARTS) is 1. The van der Waals surface area contributed by atoms with Gasteiger partial charge in [0.1, 0.15) is 5.65 Å². The van der Waals surface area contributed by atoms with Crippen LogP contribution in [0.4, 0.5) is 0 Å². The maximum absolute atomic E-state index is 11.7. The molecule has 0 aliphatic heterocycles. The van der Waals surface area contributed by atoms with E-state index in [1.54, 1.807) is 6.20 Å². The van der Waals surface area contributed by atoms with Gasteiger partial charge in [-0.15, -0.1) is 0 Å². The van der Waals surface area contributed by atoms with E-state index >= 15 is 0 Å². The molecule has 2 rings (SSSR count). The number of amides is 1. The summed E-state index contributed by atoms with van der Waals surface area (Å²) in [6.07, 6.45) is 2.25. The second-order valence-electron chi connectivity index (χ2n) is 4.37. The number of nitrogens with zero attached hydrogens (tertiary/aromatic N) is 2. The molecule has 0 unspecified atom stereocenters. The zero-order valence-electron chi connectivity index (χ0n) is 10.7. The summed E-state index contributed by atoms with van der Waals surface area (Å²) >= 11 is 0. The van der Waals surface area contributed by atoms with Gasteiger partial charge in [0, 0.05) is 25.4 Å². The average molecular weight is 277 g/mol. The highest BCUT2D eigenvalue weighted by molar-refractivity contribution is 5.78. The van der Waals surface area contributed by atoms with Gasteiger partial charge < -0.3 is 19.9 Å². The molecule has 0 saturated heterocycles. The molecule has 1 atom stereocenters. The second kappa shape index (κ2) is 6.16. The number of carbonyl (C=O) groups excluding carboxylic acids is 1. The Balaban J connectivity index is 1.84. The predicted octanol–water partition coefficient (Wildman–Crippen LogP) is -0.171. The summed E-state index contributed by atoms with van der Waals surface area (Å²) in [7, 11) is 0. The molecule has 2 aromatic heterocycles. The second-order valence-corrected chi connectivity index (χ2v) is 4.37. The van der Waals surface area contributed by atoms with Crippen LogP contribution in [0, 0.1) is 0 Å². The summed E-state index contributed by atoms with van der Waals surface area (Å²) in [6.45, 7) is 0.111. The topological polar surface area (TPSA) is 104 Å². The molecule has 0 aromatic carbocycles. The molecule has 7 heteroatoms. The quantitative estimate of drug-likeness (QED) is 0.680. The van der Waals surface area contributed by atoms with Crippen LogP contribution in [0.2, 0.25) is 0 Å². The fraction of sp³-hybridized carbons (Fsp3) is 0.308. The number of carbonyl (C=O) groups is 2. The average Bonchev–Trinajstić information content (AvgIpc) is 2.80. The highest BCUT2D eigenvalue weighted by Gasteiger charge is 2.13. The number of aromatic nitrogens is 2. The van der Waals surface area contributed by atoms with Crippen LogP contribution in [0.3, 0.4) is 0 Å². The van der Waals surface area contributed by atoms with Crippen LogP contribution in [-0.2, 0) is 16.0 Å². The predicted molar refractivity (Wildman–Crippen MR) is 70.2 cm³/mol. The molecule has 0 aliphatic carbocycles. The summed E-state index contributed by atoms with van der Waals surface area (Å²) in [5.74, 6) is -1.55. The zero-order chi connectivity index (χ0) is 14.5. The molecule has 0 radical (unpaired) electrons. The van der Waals surface area contributed by atoms with E-state index in [1.165, 1.54) is 0 Å². The van der Waals surface area contributed by atoms with Gasteiger partial charge in [-0.05, 0) is 12.1 Å². The lowest BCUT2D eigenvalue weighted by molar-refractivity contribution is -0.147. The van der Waals surface area contributed by atoms with Crippen molar-refractivity contribution in [3.8, 4) is 0 Å². The van der Waals surface area contributed by atoms with Crippen LogP contribution in [-0.4, -0.2) is 44.1 Å². The minimum absolute atomic E-state index is 0.0216. The summed E-state index contributed by atoms with van der Waals surface area (Å²) < 4.78 is 1.82. The minimum atomic E-state index is -1.45. The van der Waals surface area contributed by atoms with Crippen molar-refractivity contribution in [2.24, 2.45) is 0 Å². The zero-order valence-corrected chi connectivity index (χ0v) is 10.7. The summed E-state index contributed by atoms with van der Waals surface area (Å²) in [4.78, 5) is 26.3. The van der Waals surface area contributed by atoms with E-state index in [0.29, 0.717) is 5.69 Å². The van der Waals surface area contributed by atoms with Crippen LogP contribution in [0.1, 0.15) is 12.1 Å². The molecule has 2 heterocycles. The largest absolute Gasteiger partial charge is 0.479 e. The Morgan fingerprint density at radius 1 is 1.40 bits per heavy atom. The molecule has 3 N–H and O–H groups in total. The van der Waals surface area contributed by atoms with E-state index in [2.05, 4.69) is 10.3 Å². The third-order valence-electron chi connectivity index (χ3n) is 2.78. The third-order valence-corrected chi connectivity index (χ3v) is 2.78. The molecule has 0 fully saturated rings. The highest BCUT2D eigenvalue weighted by atomic mass is 16.4. The molecule has 1 amide bonds. The lowest BCUT2D eigenvalue weighted by Gasteiger charge is -2.06. The van der Waals surface area contributed by atoms with Gasteiger partial charge in [0.25, 0.3) is 0 Å². The number of fused-ring (bicyclic) bond motifs is 1. The monoisotopic (exact) mass is 277 g/mol. The van der Waals surface area contributed by atoms with Crippen molar-refractivity contribution in [2.45, 2.75) is 18.9 Å². The van der Waals surface area contributed by atoms with Gasteiger partial charge >= 0.3 is 5.97 Å². The molecule has 7 nitrogen and oxygen atoms in total. The molecule has 0 saturated carbocycles. The van der Waals surface area contributed by atoms with Gasteiger partial charge in [-0.3, -0.25) is 4.79 Å². The number of aliphatic hydroxyl groups is 1. The van der Waals surface area contributed by atoms with Crippen LogP contribution >= 0.6 is 0 Å². The third kappa shape index (κ3) is 3.55. The van der Waals surface area contributed by atoms with Crippen molar-refractivity contribution < 1.29 is 19.8 Å². The number of rotatable bonds is 6. The Bertz CT molecular complexity index is 590. The van der Waals surface area contributed by atoms with Gasteiger partial charge in [0.15, 0.2) is 6.10 Å². The first kappa shape index (κ1) is 14.0. The lowest BCUT2D eigenvalue weighted by Crippen LogP contribution is -2.31. The molecule has 2 aromatic rings. The van der Waals surface area contributed by atoms with Crippen molar-refractivity contribution >= 4 is 17.5 Å². The van der Waals surface area contributed by atoms with Gasteiger partial charge in [-0.1, -0.05) is 6.07 Å². The number of pyridine rings is 1. The fourth-order valence-corrected chi connectivity index (χ4v) is 1.77. The van der Waals surface area contributed by atoms with E-state index in [-0.39, 0.29) is 25.3 Å². The van der Waals surface area contributed by atoms with Crippen molar-refractivity contribution in [2.75, 3.05) is 6.54 Å². The number of nitrogens with one attached hydrogen (secondary N) is 1. The highest BCUT2D eigenvalue weighted by Crippen LogP contribution is 2.05. The number of aliphatic hydroxyl groups excluding tert-OH is 1. The first-order valence-electron chi connectivity index (χ1n) is 6.16. The Morgan fingerprint density at radius 2 is 2.20 bits per heavy atom. The Hall–Kier alpha value is -2.41. The van der Waals surface area contributed by atoms with E-state index < -0.39 is 12.1 Å². The number of hydrogen-bond acceptors (Lipinski definition) is 4. The molecular formula is C13H15N3O4. The first-order chi connectivity index (χ1) is 9.56. The first-order valence-corrected chi connectivity index (χ1v) is 6.16. The van der Waals surface area contributed by atoms with E-state index in [1.807, 2.05) is 28.8 Å². The minimum Gasteiger partial charge on any atom is -0.479 e. The normalized spacial score (nSPS) is 12.2. The molecular weight excluding hydrogens is 262 g/mol. The van der Waals surface area contributed by atoms with Crippen LogP contribution in [0.15, 0.2) is 30.6 Å². The fourth-order valence-electron chi connectivity index (χ4n) is 1.77. The Morgan fingerprint density at radius 3 is 2.90 bits per heavy atom. The smallest absolute Gasteiger partial charge is 0.332 e. The summed E-state index contributed by atoms with van der Waals surface area (Å²) in [5.41, 5.74) is 1.39. The number of aliphatic carboxylic acids is 1. The molecule has 0 spiro atoms. The molecule has 0 bridgehead atoms. The summed E-state index contributed by atoms with van der Waals surface area (Å²) in [6, 6.07) is 5.57. The van der Waals surface area contributed by atoms with Crippen molar-refractivity contribution in [3.05, 3.63) is 36.3 Å². The standard InChI is InChI=1S/C13H15N3O4/c17-10(13(19)20)4-5-14-12(18)7-9-8-16-6-2-1-3-11(16)15-9/h1-3,6,8,10,17H,4-5,7H2,(H,14,18)(H,19,20)/t10-/m0/s1. The van der Waals surface area contributed by atoms with E-state index in [9.17, 15) is 9.59 Å². The van der Waals surface area contributed by atoms with Crippen molar-refractivity contribution in [1.82, 2.24) is 14.7 Å². The molecule has 106 valence electrons. The molecule has 20 heavy (non-hydrogen) atoms. The Labute approximate surface area is 114 Å². The van der Waals surface area contributed by atoms with E-state index in [0.717, 1.165) is 5.65 Å². The van der Waals surface area contributed by atoms with Gasteiger partial charge in [-0.2, -0.15) is 0 Å². The van der Waals surface area contributed by atoms with Crippen molar-refractivity contribution in [1.29, 1.82) is 0 Å². The van der Waals surface area contributed by atoms with Gasteiger partial charge in [-0.25, -0.2) is 9.78 Å². The number of hydrogen-bond donors (Lipinski definition) is 3. The molecule has 0 aliphatic rings. The Kier molecular flexibility index (Phi) is 4.31.